The zero-order valence-electron chi connectivity index (χ0n) is 18.2. The predicted molar refractivity (Wildman–Crippen MR) is 125 cm³/mol. The first-order valence-electron chi connectivity index (χ1n) is 10.9. The molecule has 0 spiro atoms. The molecule has 6 nitrogen and oxygen atoms in total. The van der Waals surface area contributed by atoms with E-state index in [1.54, 1.807) is 18.3 Å². The molecule has 0 unspecified atom stereocenters. The van der Waals surface area contributed by atoms with Gasteiger partial charge in [-0.2, -0.15) is 0 Å². The van der Waals surface area contributed by atoms with Crippen molar-refractivity contribution in [3.8, 4) is 11.4 Å². The Kier molecular flexibility index (Phi) is 7.14. The van der Waals surface area contributed by atoms with E-state index in [1.165, 1.54) is 35.8 Å². The molecule has 0 amide bonds. The van der Waals surface area contributed by atoms with Crippen LogP contribution in [-0.4, -0.2) is 41.9 Å². The highest BCUT2D eigenvalue weighted by molar-refractivity contribution is 5.86. The zero-order valence-corrected chi connectivity index (χ0v) is 18.2. The van der Waals surface area contributed by atoms with Crippen molar-refractivity contribution in [1.29, 1.82) is 5.41 Å². The highest BCUT2D eigenvalue weighted by Crippen LogP contribution is 2.19. The Morgan fingerprint density at radius 2 is 1.85 bits per heavy atom. The average molecular weight is 453 g/mol. The Bertz CT molecular complexity index is 1190. The molecule has 8 heteroatoms. The molecule has 2 N–H and O–H groups in total. The van der Waals surface area contributed by atoms with Gasteiger partial charge in [-0.15, -0.1) is 0 Å². The largest absolute Gasteiger partial charge is 0.489 e. The Labute approximate surface area is 190 Å². The second-order valence-corrected chi connectivity index (χ2v) is 8.00. The minimum absolute atomic E-state index is 0.0103. The van der Waals surface area contributed by atoms with Crippen molar-refractivity contribution in [2.24, 2.45) is 0 Å². The van der Waals surface area contributed by atoms with Gasteiger partial charge in [0, 0.05) is 48.5 Å². The van der Waals surface area contributed by atoms with Gasteiger partial charge in [0.05, 0.1) is 0 Å². The number of ether oxygens (including phenoxy) is 1. The van der Waals surface area contributed by atoms with E-state index in [4.69, 9.17) is 10.1 Å². The molecule has 0 saturated carbocycles. The molecule has 1 aromatic heterocycles. The fourth-order valence-electron chi connectivity index (χ4n) is 3.90. The van der Waals surface area contributed by atoms with E-state index < -0.39 is 11.6 Å². The molecule has 0 atom stereocenters. The quantitative estimate of drug-likeness (QED) is 0.478. The van der Waals surface area contributed by atoms with E-state index in [2.05, 4.69) is 10.2 Å². The second kappa shape index (κ2) is 10.4. The van der Waals surface area contributed by atoms with E-state index in [9.17, 15) is 13.6 Å². The van der Waals surface area contributed by atoms with Crippen LogP contribution in [0.5, 0.6) is 5.75 Å². The lowest BCUT2D eigenvalue weighted by Crippen LogP contribution is -2.26. The van der Waals surface area contributed by atoms with Gasteiger partial charge in [-0.3, -0.25) is 9.36 Å². The highest BCUT2D eigenvalue weighted by Gasteiger charge is 2.11. The molecule has 0 bridgehead atoms. The Balaban J connectivity index is 1.42. The predicted octanol–water partition coefficient (Wildman–Crippen LogP) is 4.20. The maximum Gasteiger partial charge on any atom is 0.258 e. The van der Waals surface area contributed by atoms with Crippen LogP contribution in [0, 0.1) is 17.0 Å². The van der Waals surface area contributed by atoms with Crippen molar-refractivity contribution in [2.45, 2.75) is 19.4 Å². The highest BCUT2D eigenvalue weighted by atomic mass is 19.2. The Morgan fingerprint density at radius 3 is 2.58 bits per heavy atom. The first-order valence-corrected chi connectivity index (χ1v) is 10.9. The molecule has 2 heterocycles. The molecule has 172 valence electrons. The van der Waals surface area contributed by atoms with Gasteiger partial charge >= 0.3 is 0 Å². The van der Waals surface area contributed by atoms with Gasteiger partial charge in [-0.25, -0.2) is 8.78 Å². The van der Waals surface area contributed by atoms with E-state index in [0.717, 1.165) is 44.0 Å². The summed E-state index contributed by atoms with van der Waals surface area (Å²) in [6.45, 7) is 4.05. The van der Waals surface area contributed by atoms with Crippen LogP contribution in [0.1, 0.15) is 24.0 Å². The summed E-state index contributed by atoms with van der Waals surface area (Å²) in [6.07, 6.45) is 5.37. The number of nitrogens with zero attached hydrogens (tertiary/aromatic N) is 2. The number of aromatic nitrogens is 1. The first kappa shape index (κ1) is 22.7. The van der Waals surface area contributed by atoms with Crippen LogP contribution in [0.3, 0.4) is 0 Å². The third kappa shape index (κ3) is 5.64. The van der Waals surface area contributed by atoms with Crippen molar-refractivity contribution >= 4 is 11.9 Å². The molecule has 1 aliphatic heterocycles. The number of pyridine rings is 1. The third-order valence-corrected chi connectivity index (χ3v) is 5.69. The summed E-state index contributed by atoms with van der Waals surface area (Å²) in [5, 5.41) is 11.1. The molecule has 0 aliphatic carbocycles. The number of hydrogen-bond acceptors (Lipinski definition) is 5. The van der Waals surface area contributed by atoms with Crippen LogP contribution in [0.4, 0.5) is 14.5 Å². The standard InChI is InChI=1S/C25H26F2N4O2/c26-22-5-3-18(13-23(22)27)17-33-21-7-11-31(25(32)15-21)20-4-6-24(19(14-20)16-28)29-8-12-30-9-1-2-10-30/h3-7,11,13-16,28-29H,1-2,8-10,12,17H2. The smallest absolute Gasteiger partial charge is 0.258 e. The maximum absolute atomic E-state index is 13.3. The van der Waals surface area contributed by atoms with E-state index in [-0.39, 0.29) is 12.2 Å². The summed E-state index contributed by atoms with van der Waals surface area (Å²) in [6, 6.07) is 12.0. The number of nitrogens with one attached hydrogen (secondary N) is 2. The van der Waals surface area contributed by atoms with Crippen LogP contribution in [0.25, 0.3) is 5.69 Å². The molecular formula is C25H26F2N4O2. The maximum atomic E-state index is 13.3. The summed E-state index contributed by atoms with van der Waals surface area (Å²) >= 11 is 0. The summed E-state index contributed by atoms with van der Waals surface area (Å²) in [5.74, 6) is -1.53. The lowest BCUT2D eigenvalue weighted by molar-refractivity contribution is 0.304. The number of benzene rings is 2. The molecule has 4 rings (SSSR count). The van der Waals surface area contributed by atoms with E-state index in [0.29, 0.717) is 22.6 Å². The summed E-state index contributed by atoms with van der Waals surface area (Å²) in [7, 11) is 0. The molecule has 2 aromatic carbocycles. The van der Waals surface area contributed by atoms with Crippen molar-refractivity contribution in [1.82, 2.24) is 9.47 Å². The molecule has 1 saturated heterocycles. The Hall–Kier alpha value is -3.52. The molecule has 33 heavy (non-hydrogen) atoms. The average Bonchev–Trinajstić information content (AvgIpc) is 3.34. The van der Waals surface area contributed by atoms with Gasteiger partial charge in [0.1, 0.15) is 12.4 Å². The van der Waals surface area contributed by atoms with Crippen molar-refractivity contribution in [2.75, 3.05) is 31.5 Å². The molecular weight excluding hydrogens is 426 g/mol. The van der Waals surface area contributed by atoms with Crippen molar-refractivity contribution in [3.63, 3.8) is 0 Å². The number of anilines is 1. The lowest BCUT2D eigenvalue weighted by Gasteiger charge is -2.17. The molecule has 3 aromatic rings. The van der Waals surface area contributed by atoms with Crippen LogP contribution >= 0.6 is 0 Å². The van der Waals surface area contributed by atoms with Gasteiger partial charge in [0.2, 0.25) is 0 Å². The van der Waals surface area contributed by atoms with Gasteiger partial charge in [-0.05, 0) is 67.9 Å². The van der Waals surface area contributed by atoms with E-state index >= 15 is 0 Å². The Morgan fingerprint density at radius 1 is 1.03 bits per heavy atom. The van der Waals surface area contributed by atoms with Crippen LogP contribution in [0.2, 0.25) is 0 Å². The second-order valence-electron chi connectivity index (χ2n) is 8.00. The van der Waals surface area contributed by atoms with Gasteiger partial charge in [-0.1, -0.05) is 6.07 Å². The first-order chi connectivity index (χ1) is 16.0. The lowest BCUT2D eigenvalue weighted by atomic mass is 10.1. The normalized spacial score (nSPS) is 13.8. The summed E-state index contributed by atoms with van der Waals surface area (Å²) < 4.78 is 33.4. The fraction of sp³-hybridized carbons (Fsp3) is 0.280. The van der Waals surface area contributed by atoms with Gasteiger partial charge in [0.25, 0.3) is 5.56 Å². The summed E-state index contributed by atoms with van der Waals surface area (Å²) in [4.78, 5) is 15.1. The molecule has 1 aliphatic rings. The minimum atomic E-state index is -0.942. The molecule has 0 radical (unpaired) electrons. The van der Waals surface area contributed by atoms with Crippen molar-refractivity contribution in [3.05, 3.63) is 87.8 Å². The van der Waals surface area contributed by atoms with Crippen LogP contribution in [-0.2, 0) is 6.61 Å². The SMILES string of the molecule is N=Cc1cc(-n2ccc(OCc3ccc(F)c(F)c3)cc2=O)ccc1NCCN1CCCC1. The molecule has 1 fully saturated rings. The fourth-order valence-corrected chi connectivity index (χ4v) is 3.90. The number of hydrogen-bond donors (Lipinski definition) is 2. The topological polar surface area (TPSA) is 70.3 Å². The monoisotopic (exact) mass is 452 g/mol. The van der Waals surface area contributed by atoms with Crippen LogP contribution < -0.4 is 15.6 Å². The van der Waals surface area contributed by atoms with Gasteiger partial charge in [0.15, 0.2) is 11.6 Å². The van der Waals surface area contributed by atoms with E-state index in [1.807, 2.05) is 12.1 Å². The van der Waals surface area contributed by atoms with Gasteiger partial charge < -0.3 is 20.4 Å². The minimum Gasteiger partial charge on any atom is -0.489 e. The number of halogens is 2. The zero-order chi connectivity index (χ0) is 23.2. The van der Waals surface area contributed by atoms with Crippen molar-refractivity contribution < 1.29 is 13.5 Å². The summed E-state index contributed by atoms with van der Waals surface area (Å²) in [5.41, 5.74) is 2.34. The number of likely N-dealkylation sites (tertiary alicyclic amines) is 1. The van der Waals surface area contributed by atoms with Crippen LogP contribution in [0.15, 0.2) is 59.5 Å². The number of rotatable bonds is 9. The third-order valence-electron chi connectivity index (χ3n) is 5.69.